The zero-order valence-electron chi connectivity index (χ0n) is 16.9. The lowest BCUT2D eigenvalue weighted by Crippen LogP contribution is -2.29. The third-order valence-corrected chi connectivity index (χ3v) is 5.62. The third kappa shape index (κ3) is 4.67. The minimum Gasteiger partial charge on any atom is -0.372 e. The predicted molar refractivity (Wildman–Crippen MR) is 116 cm³/mol. The number of amides is 1. The summed E-state index contributed by atoms with van der Waals surface area (Å²) in [4.78, 5) is 15.4. The number of anilines is 1. The lowest BCUT2D eigenvalue weighted by atomic mass is 10.0. The molecule has 0 aliphatic carbocycles. The van der Waals surface area contributed by atoms with E-state index in [0.29, 0.717) is 12.1 Å². The molecule has 4 rings (SSSR count). The van der Waals surface area contributed by atoms with E-state index in [9.17, 15) is 4.79 Å². The van der Waals surface area contributed by atoms with Crippen LogP contribution in [-0.4, -0.2) is 28.8 Å². The fourth-order valence-corrected chi connectivity index (χ4v) is 3.93. The topological polar surface area (TPSA) is 50.2 Å². The van der Waals surface area contributed by atoms with Gasteiger partial charge < -0.3 is 10.2 Å². The first kappa shape index (κ1) is 19.2. The van der Waals surface area contributed by atoms with Crippen LogP contribution in [-0.2, 0) is 6.54 Å². The number of carbonyl (C=O) groups is 1. The van der Waals surface area contributed by atoms with Gasteiger partial charge >= 0.3 is 0 Å². The first-order valence-corrected chi connectivity index (χ1v) is 10.4. The summed E-state index contributed by atoms with van der Waals surface area (Å²) in [6.45, 7) is 4.89. The molecule has 1 N–H and O–H groups in total. The van der Waals surface area contributed by atoms with E-state index in [4.69, 9.17) is 0 Å². The van der Waals surface area contributed by atoms with Crippen LogP contribution in [0.3, 0.4) is 0 Å². The van der Waals surface area contributed by atoms with Gasteiger partial charge in [-0.1, -0.05) is 30.3 Å². The van der Waals surface area contributed by atoms with Gasteiger partial charge in [0.25, 0.3) is 5.91 Å². The highest BCUT2D eigenvalue weighted by Crippen LogP contribution is 2.23. The minimum absolute atomic E-state index is 0.0552. The average molecular weight is 389 g/mol. The molecule has 1 amide bonds. The van der Waals surface area contributed by atoms with Crippen LogP contribution < -0.4 is 10.2 Å². The van der Waals surface area contributed by atoms with Crippen molar-refractivity contribution in [1.82, 2.24) is 15.1 Å². The number of nitrogens with one attached hydrogen (secondary N) is 1. The molecule has 0 saturated carbocycles. The zero-order valence-corrected chi connectivity index (χ0v) is 16.9. The molecule has 150 valence electrons. The Morgan fingerprint density at radius 2 is 1.79 bits per heavy atom. The second-order valence-corrected chi connectivity index (χ2v) is 7.70. The van der Waals surface area contributed by atoms with E-state index in [1.807, 2.05) is 48.1 Å². The maximum atomic E-state index is 12.9. The summed E-state index contributed by atoms with van der Waals surface area (Å²) in [5, 5.41) is 7.40. The summed E-state index contributed by atoms with van der Waals surface area (Å²) in [5.74, 6) is -0.0552. The van der Waals surface area contributed by atoms with Crippen molar-refractivity contribution in [1.29, 1.82) is 0 Å². The SMILES string of the molecule is C[C@@H](NC(=O)c1ccccc1Cn1cccn1)c1ccc(N2CCCCC2)cc1. The molecule has 1 atom stereocenters. The van der Waals surface area contributed by atoms with Gasteiger partial charge in [0.1, 0.15) is 0 Å². The zero-order chi connectivity index (χ0) is 20.1. The molecule has 2 aromatic carbocycles. The maximum Gasteiger partial charge on any atom is 0.252 e. The fraction of sp³-hybridized carbons (Fsp3) is 0.333. The molecule has 1 aliphatic heterocycles. The number of benzene rings is 2. The van der Waals surface area contributed by atoms with Gasteiger partial charge in [0.2, 0.25) is 0 Å². The minimum atomic E-state index is -0.0596. The van der Waals surface area contributed by atoms with E-state index in [1.54, 1.807) is 6.20 Å². The lowest BCUT2D eigenvalue weighted by molar-refractivity contribution is 0.0939. The summed E-state index contributed by atoms with van der Waals surface area (Å²) >= 11 is 0. The van der Waals surface area contributed by atoms with Crippen molar-refractivity contribution in [3.63, 3.8) is 0 Å². The number of piperidine rings is 1. The molecule has 2 heterocycles. The summed E-state index contributed by atoms with van der Waals surface area (Å²) in [6.07, 6.45) is 7.53. The van der Waals surface area contributed by atoms with Gasteiger partial charge in [0, 0.05) is 36.7 Å². The summed E-state index contributed by atoms with van der Waals surface area (Å²) in [6, 6.07) is 18.2. The van der Waals surface area contributed by atoms with Gasteiger partial charge in [-0.25, -0.2) is 0 Å². The maximum absolute atomic E-state index is 12.9. The third-order valence-electron chi connectivity index (χ3n) is 5.62. The quantitative estimate of drug-likeness (QED) is 0.680. The van der Waals surface area contributed by atoms with Gasteiger partial charge in [0.05, 0.1) is 12.6 Å². The van der Waals surface area contributed by atoms with Crippen molar-refractivity contribution in [2.75, 3.05) is 18.0 Å². The van der Waals surface area contributed by atoms with E-state index in [1.165, 1.54) is 24.9 Å². The summed E-state index contributed by atoms with van der Waals surface area (Å²) in [5.41, 5.74) is 4.04. The Morgan fingerprint density at radius 3 is 2.52 bits per heavy atom. The van der Waals surface area contributed by atoms with Crippen molar-refractivity contribution >= 4 is 11.6 Å². The average Bonchev–Trinajstić information content (AvgIpc) is 3.28. The molecule has 0 spiro atoms. The van der Waals surface area contributed by atoms with Crippen molar-refractivity contribution in [2.45, 2.75) is 38.8 Å². The molecular weight excluding hydrogens is 360 g/mol. The molecule has 5 nitrogen and oxygen atoms in total. The number of hydrogen-bond donors (Lipinski definition) is 1. The largest absolute Gasteiger partial charge is 0.372 e. The normalized spacial score (nSPS) is 15.1. The van der Waals surface area contributed by atoms with E-state index in [2.05, 4.69) is 39.6 Å². The van der Waals surface area contributed by atoms with Crippen molar-refractivity contribution in [3.05, 3.63) is 83.7 Å². The van der Waals surface area contributed by atoms with Crippen LogP contribution in [0.25, 0.3) is 0 Å². The van der Waals surface area contributed by atoms with Gasteiger partial charge in [0.15, 0.2) is 0 Å². The second kappa shape index (κ2) is 8.95. The second-order valence-electron chi connectivity index (χ2n) is 7.70. The van der Waals surface area contributed by atoms with Crippen LogP contribution in [0.2, 0.25) is 0 Å². The molecule has 1 fully saturated rings. The van der Waals surface area contributed by atoms with Crippen LogP contribution in [0.4, 0.5) is 5.69 Å². The Balaban J connectivity index is 1.43. The number of hydrogen-bond acceptors (Lipinski definition) is 3. The van der Waals surface area contributed by atoms with Crippen molar-refractivity contribution in [3.8, 4) is 0 Å². The highest BCUT2D eigenvalue weighted by molar-refractivity contribution is 5.95. The highest BCUT2D eigenvalue weighted by Gasteiger charge is 2.16. The monoisotopic (exact) mass is 388 g/mol. The molecule has 0 bridgehead atoms. The van der Waals surface area contributed by atoms with E-state index in [0.717, 1.165) is 24.2 Å². The van der Waals surface area contributed by atoms with Crippen molar-refractivity contribution in [2.24, 2.45) is 0 Å². The predicted octanol–water partition coefficient (Wildman–Crippen LogP) is 4.41. The molecule has 1 saturated heterocycles. The lowest BCUT2D eigenvalue weighted by Gasteiger charge is -2.29. The molecule has 0 radical (unpaired) electrons. The molecule has 29 heavy (non-hydrogen) atoms. The Bertz CT molecular complexity index is 928. The van der Waals surface area contributed by atoms with Crippen LogP contribution in [0.1, 0.15) is 53.7 Å². The van der Waals surface area contributed by atoms with Crippen LogP contribution in [0, 0.1) is 0 Å². The first-order valence-electron chi connectivity index (χ1n) is 10.4. The smallest absolute Gasteiger partial charge is 0.252 e. The van der Waals surface area contributed by atoms with E-state index in [-0.39, 0.29) is 11.9 Å². The number of nitrogens with zero attached hydrogens (tertiary/aromatic N) is 3. The molecule has 1 aromatic heterocycles. The van der Waals surface area contributed by atoms with Gasteiger partial charge in [-0.2, -0.15) is 5.10 Å². The van der Waals surface area contributed by atoms with Crippen LogP contribution in [0.15, 0.2) is 67.0 Å². The van der Waals surface area contributed by atoms with Crippen LogP contribution in [0.5, 0.6) is 0 Å². The fourth-order valence-electron chi connectivity index (χ4n) is 3.93. The number of carbonyl (C=O) groups excluding carboxylic acids is 1. The van der Waals surface area contributed by atoms with E-state index >= 15 is 0 Å². The molecule has 0 unspecified atom stereocenters. The first-order chi connectivity index (χ1) is 14.2. The standard InChI is InChI=1S/C24H28N4O/c1-19(20-10-12-22(13-11-20)27-15-5-2-6-16-27)26-24(29)23-9-4-3-8-21(23)18-28-17-7-14-25-28/h3-4,7-14,17,19H,2,5-6,15-16,18H2,1H3,(H,26,29)/t19-/m1/s1. The Hall–Kier alpha value is -3.08. The van der Waals surface area contributed by atoms with Gasteiger partial charge in [-0.05, 0) is 61.6 Å². The molecular formula is C24H28N4O. The van der Waals surface area contributed by atoms with Crippen molar-refractivity contribution < 1.29 is 4.79 Å². The van der Waals surface area contributed by atoms with Gasteiger partial charge in [-0.15, -0.1) is 0 Å². The van der Waals surface area contributed by atoms with Crippen LogP contribution >= 0.6 is 0 Å². The molecule has 3 aromatic rings. The molecule has 5 heteroatoms. The Kier molecular flexibility index (Phi) is 5.94. The number of rotatable bonds is 6. The highest BCUT2D eigenvalue weighted by atomic mass is 16.1. The number of aromatic nitrogens is 2. The van der Waals surface area contributed by atoms with E-state index < -0.39 is 0 Å². The summed E-state index contributed by atoms with van der Waals surface area (Å²) < 4.78 is 1.83. The molecule has 1 aliphatic rings. The Labute approximate surface area is 172 Å². The summed E-state index contributed by atoms with van der Waals surface area (Å²) in [7, 11) is 0. The Morgan fingerprint density at radius 1 is 1.03 bits per heavy atom. The van der Waals surface area contributed by atoms with Gasteiger partial charge in [-0.3, -0.25) is 9.48 Å².